The maximum Gasteiger partial charge on any atom is 0.148 e. The van der Waals surface area contributed by atoms with Gasteiger partial charge in [0.2, 0.25) is 0 Å². The zero-order valence-corrected chi connectivity index (χ0v) is 27.6. The van der Waals surface area contributed by atoms with Gasteiger partial charge in [0.25, 0.3) is 0 Å². The summed E-state index contributed by atoms with van der Waals surface area (Å²) < 4.78 is 10.8. The van der Waals surface area contributed by atoms with Crippen molar-refractivity contribution in [1.82, 2.24) is 29.7 Å². The van der Waals surface area contributed by atoms with Crippen LogP contribution in [0.4, 0.5) is 0 Å². The number of aromatic nitrogens is 4. The van der Waals surface area contributed by atoms with Crippen LogP contribution in [0.3, 0.4) is 0 Å². The number of amidine groups is 2. The molecule has 2 aliphatic heterocycles. The molecule has 0 saturated carbocycles. The largest absolute Gasteiger partial charge is 0.378 e. The fourth-order valence-corrected chi connectivity index (χ4v) is 5.97. The first-order chi connectivity index (χ1) is 19.1. The highest BCUT2D eigenvalue weighted by molar-refractivity contribution is 14.0. The zero-order valence-electron chi connectivity index (χ0n) is 22.1. The van der Waals surface area contributed by atoms with Gasteiger partial charge in [-0.05, 0) is 48.5 Å². The summed E-state index contributed by atoms with van der Waals surface area (Å²) >= 11 is 1.62. The first-order valence-corrected chi connectivity index (χ1v) is 13.9. The molecule has 214 valence electrons. The molecule has 0 unspecified atom stereocenters. The van der Waals surface area contributed by atoms with Gasteiger partial charge in [0.15, 0.2) is 0 Å². The molecule has 5 aromatic rings. The van der Waals surface area contributed by atoms with Crippen molar-refractivity contribution >= 4 is 93.0 Å². The molecule has 0 atom stereocenters. The van der Waals surface area contributed by atoms with Crippen molar-refractivity contribution < 1.29 is 9.47 Å². The first-order valence-electron chi connectivity index (χ1n) is 13.1. The van der Waals surface area contributed by atoms with E-state index in [2.05, 4.69) is 31.9 Å². The third kappa shape index (κ3) is 6.00. The van der Waals surface area contributed by atoms with E-state index in [1.807, 2.05) is 36.4 Å². The molecule has 7 rings (SSSR count). The lowest BCUT2D eigenvalue weighted by molar-refractivity contribution is 0.0679. The smallest absolute Gasteiger partial charge is 0.148 e. The second-order valence-corrected chi connectivity index (χ2v) is 10.8. The lowest BCUT2D eigenvalue weighted by Crippen LogP contribution is -2.40. The monoisotopic (exact) mass is 796 g/mol. The van der Waals surface area contributed by atoms with E-state index in [1.165, 1.54) is 0 Å². The van der Waals surface area contributed by atoms with Crippen LogP contribution < -0.4 is 0 Å². The van der Waals surface area contributed by atoms with Crippen LogP contribution in [0.2, 0.25) is 0 Å². The molecule has 0 amide bonds. The Bertz CT molecular complexity index is 1580. The number of nitrogens with zero attached hydrogens (tertiary/aromatic N) is 4. The van der Waals surface area contributed by atoms with E-state index in [0.29, 0.717) is 38.1 Å². The molecule has 0 radical (unpaired) electrons. The van der Waals surface area contributed by atoms with Crippen molar-refractivity contribution in [2.45, 2.75) is 0 Å². The highest BCUT2D eigenvalue weighted by Crippen LogP contribution is 2.34. The topological polar surface area (TPSA) is 130 Å². The number of halogens is 2. The number of aromatic amines is 2. The van der Waals surface area contributed by atoms with E-state index in [1.54, 1.807) is 11.3 Å². The van der Waals surface area contributed by atoms with Crippen LogP contribution in [0.5, 0.6) is 0 Å². The van der Waals surface area contributed by atoms with Gasteiger partial charge >= 0.3 is 0 Å². The number of ether oxygens (including phenoxy) is 2. The van der Waals surface area contributed by atoms with Crippen LogP contribution in [-0.2, 0) is 9.47 Å². The van der Waals surface area contributed by atoms with Gasteiger partial charge in [0.1, 0.15) is 23.3 Å². The van der Waals surface area contributed by atoms with Crippen LogP contribution in [-0.4, -0.2) is 94.0 Å². The minimum Gasteiger partial charge on any atom is -0.378 e. The van der Waals surface area contributed by atoms with Gasteiger partial charge in [-0.15, -0.1) is 59.3 Å². The predicted molar refractivity (Wildman–Crippen MR) is 184 cm³/mol. The second kappa shape index (κ2) is 12.7. The molecule has 41 heavy (non-hydrogen) atoms. The van der Waals surface area contributed by atoms with Crippen molar-refractivity contribution in [3.63, 3.8) is 0 Å². The summed E-state index contributed by atoms with van der Waals surface area (Å²) in [5, 5.41) is 17.2. The van der Waals surface area contributed by atoms with E-state index in [0.717, 1.165) is 80.8 Å². The van der Waals surface area contributed by atoms with Crippen molar-refractivity contribution in [3.8, 4) is 21.4 Å². The molecule has 3 aromatic heterocycles. The summed E-state index contributed by atoms with van der Waals surface area (Å²) in [6.07, 6.45) is 0. The molecule has 13 heteroatoms. The van der Waals surface area contributed by atoms with Gasteiger partial charge in [0, 0.05) is 37.3 Å². The maximum absolute atomic E-state index is 8.61. The molecular formula is C28H30I2N8O2S. The van der Waals surface area contributed by atoms with Crippen LogP contribution in [0.25, 0.3) is 43.5 Å². The number of imidazole rings is 2. The fraction of sp³-hybridized carbons (Fsp3) is 0.286. The Balaban J connectivity index is 0.00000169. The third-order valence-corrected chi connectivity index (χ3v) is 8.34. The minimum absolute atomic E-state index is 0. The minimum atomic E-state index is 0. The molecular weight excluding hydrogens is 766 g/mol. The SMILES string of the molecule is I.I.N=C(c1ccc2nc(-c3ccc(-c4nc5ccc(C(=N)N6CCOCC6)cc5[nH]4)s3)[nH]c2c1)N1CCOCC1. The van der Waals surface area contributed by atoms with Gasteiger partial charge in [0.05, 0.1) is 58.2 Å². The van der Waals surface area contributed by atoms with Gasteiger partial charge in [-0.2, -0.15) is 0 Å². The van der Waals surface area contributed by atoms with E-state index in [9.17, 15) is 0 Å². The van der Waals surface area contributed by atoms with Gasteiger partial charge in [-0.1, -0.05) is 0 Å². The summed E-state index contributed by atoms with van der Waals surface area (Å²) in [5.41, 5.74) is 5.31. The summed E-state index contributed by atoms with van der Waals surface area (Å²) in [6, 6.07) is 16.0. The standard InChI is InChI=1S/C28H28N8O2S.2HI/c29-25(35-7-11-37-12-8-35)17-1-3-19-21(15-17)33-27(31-19)23-5-6-24(39-23)28-32-20-4-2-18(16-22(20)34-28)26(30)36-9-13-38-14-10-36;;/h1-6,15-16,29-30H,7-14H2,(H,31,33)(H,32,34);2*1H. The normalized spacial score (nSPS) is 15.5. The number of benzene rings is 2. The third-order valence-electron chi connectivity index (χ3n) is 7.24. The number of fused-ring (bicyclic) bond motifs is 2. The Morgan fingerprint density at radius 3 is 1.49 bits per heavy atom. The van der Waals surface area contributed by atoms with E-state index in [4.69, 9.17) is 30.3 Å². The molecule has 2 fully saturated rings. The summed E-state index contributed by atoms with van der Waals surface area (Å²) in [4.78, 5) is 22.6. The number of rotatable bonds is 4. The number of H-pyrrole nitrogens is 2. The molecule has 2 aliphatic rings. The highest BCUT2D eigenvalue weighted by Gasteiger charge is 2.19. The van der Waals surface area contributed by atoms with Crippen LogP contribution >= 0.6 is 59.3 Å². The van der Waals surface area contributed by atoms with Gasteiger partial charge in [-0.3, -0.25) is 10.8 Å². The van der Waals surface area contributed by atoms with Crippen LogP contribution in [0.15, 0.2) is 48.5 Å². The predicted octanol–water partition coefficient (Wildman–Crippen LogP) is 5.39. The van der Waals surface area contributed by atoms with E-state index in [-0.39, 0.29) is 48.0 Å². The number of hydrogen-bond acceptors (Lipinski definition) is 7. The molecule has 0 bridgehead atoms. The van der Waals surface area contributed by atoms with Crippen molar-refractivity contribution in [3.05, 3.63) is 59.7 Å². The molecule has 2 aromatic carbocycles. The van der Waals surface area contributed by atoms with Crippen LogP contribution in [0, 0.1) is 10.8 Å². The lowest BCUT2D eigenvalue weighted by Gasteiger charge is -2.29. The average molecular weight is 796 g/mol. The Labute approximate surface area is 274 Å². The van der Waals surface area contributed by atoms with Crippen LogP contribution in [0.1, 0.15) is 11.1 Å². The highest BCUT2D eigenvalue weighted by atomic mass is 127. The molecule has 4 N–H and O–H groups in total. The second-order valence-electron chi connectivity index (χ2n) is 9.69. The molecule has 10 nitrogen and oxygen atoms in total. The Morgan fingerprint density at radius 1 is 0.659 bits per heavy atom. The zero-order chi connectivity index (χ0) is 26.3. The van der Waals surface area contributed by atoms with Gasteiger partial charge < -0.3 is 29.2 Å². The number of nitrogens with one attached hydrogen (secondary N) is 4. The Hall–Kier alpha value is -2.60. The molecule has 0 aliphatic carbocycles. The number of hydrogen-bond donors (Lipinski definition) is 4. The summed E-state index contributed by atoms with van der Waals surface area (Å²) in [5.74, 6) is 2.63. The Morgan fingerprint density at radius 2 is 1.07 bits per heavy atom. The summed E-state index contributed by atoms with van der Waals surface area (Å²) in [7, 11) is 0. The lowest BCUT2D eigenvalue weighted by atomic mass is 10.1. The Kier molecular flexibility index (Phi) is 9.27. The van der Waals surface area contributed by atoms with E-state index < -0.39 is 0 Å². The van der Waals surface area contributed by atoms with Crippen molar-refractivity contribution in [2.75, 3.05) is 52.6 Å². The molecule has 2 saturated heterocycles. The fourth-order valence-electron chi connectivity index (χ4n) is 5.08. The number of morpholine rings is 2. The average Bonchev–Trinajstić information content (AvgIpc) is 3.74. The van der Waals surface area contributed by atoms with Crippen molar-refractivity contribution in [2.24, 2.45) is 0 Å². The number of thiophene rings is 1. The van der Waals surface area contributed by atoms with Crippen molar-refractivity contribution in [1.29, 1.82) is 10.8 Å². The first kappa shape index (κ1) is 29.9. The quantitative estimate of drug-likeness (QED) is 0.110. The maximum atomic E-state index is 8.61. The van der Waals surface area contributed by atoms with Gasteiger partial charge in [-0.25, -0.2) is 9.97 Å². The molecule has 5 heterocycles. The molecule has 0 spiro atoms. The summed E-state index contributed by atoms with van der Waals surface area (Å²) in [6.45, 7) is 5.58. The van der Waals surface area contributed by atoms with E-state index >= 15 is 0 Å².